The second kappa shape index (κ2) is 5.21. The van der Waals surface area contributed by atoms with Gasteiger partial charge in [0.15, 0.2) is 5.76 Å². The molecule has 0 bridgehead atoms. The molecule has 2 aliphatic heterocycles. The van der Waals surface area contributed by atoms with E-state index >= 15 is 0 Å². The van der Waals surface area contributed by atoms with Gasteiger partial charge in [0, 0.05) is 35.8 Å². The van der Waals surface area contributed by atoms with E-state index in [1.54, 1.807) is 0 Å². The third-order valence-corrected chi connectivity index (χ3v) is 5.13. The maximum absolute atomic E-state index is 12.7. The molecule has 3 heterocycles. The topological polar surface area (TPSA) is 42.7 Å². The van der Waals surface area contributed by atoms with Crippen LogP contribution in [0.5, 0.6) is 0 Å². The Morgan fingerprint density at radius 1 is 1.47 bits per heavy atom. The monoisotopic (exact) mass is 281 g/mol. The number of rotatable bonds is 1. The van der Waals surface area contributed by atoms with Crippen molar-refractivity contribution in [2.45, 2.75) is 31.6 Å². The van der Waals surface area contributed by atoms with Gasteiger partial charge in [-0.05, 0) is 26.3 Å². The summed E-state index contributed by atoms with van der Waals surface area (Å²) in [5, 5.41) is 0.419. The molecule has 0 radical (unpaired) electrons. The third kappa shape index (κ3) is 2.41. The van der Waals surface area contributed by atoms with E-state index in [0.29, 0.717) is 17.1 Å². The Morgan fingerprint density at radius 3 is 3.05 bits per heavy atom. The predicted molar refractivity (Wildman–Crippen MR) is 74.7 cm³/mol. The van der Waals surface area contributed by atoms with E-state index in [4.69, 9.17) is 9.15 Å². The van der Waals surface area contributed by atoms with Crippen molar-refractivity contribution in [2.75, 3.05) is 25.5 Å². The first-order valence-corrected chi connectivity index (χ1v) is 7.79. The largest absolute Gasteiger partial charge is 0.456 e. The molecule has 0 aromatic carbocycles. The van der Waals surface area contributed by atoms with Crippen LogP contribution in [0.15, 0.2) is 10.5 Å². The van der Waals surface area contributed by atoms with E-state index in [2.05, 4.69) is 0 Å². The van der Waals surface area contributed by atoms with Crippen molar-refractivity contribution in [1.82, 2.24) is 4.90 Å². The lowest BCUT2D eigenvalue weighted by atomic mass is 10.1. The summed E-state index contributed by atoms with van der Waals surface area (Å²) in [7, 11) is 0. The van der Waals surface area contributed by atoms with Crippen LogP contribution in [-0.4, -0.2) is 47.6 Å². The van der Waals surface area contributed by atoms with Crippen LogP contribution in [0.2, 0.25) is 0 Å². The van der Waals surface area contributed by atoms with Crippen molar-refractivity contribution >= 4 is 17.7 Å². The minimum absolute atomic E-state index is 0.0443. The zero-order valence-corrected chi connectivity index (χ0v) is 12.2. The smallest absolute Gasteiger partial charge is 0.290 e. The minimum atomic E-state index is 0.0443. The van der Waals surface area contributed by atoms with Gasteiger partial charge in [0.1, 0.15) is 5.76 Å². The number of amides is 1. The minimum Gasteiger partial charge on any atom is -0.456 e. The maximum atomic E-state index is 12.7. The quantitative estimate of drug-likeness (QED) is 0.792. The van der Waals surface area contributed by atoms with E-state index in [-0.39, 0.29) is 5.91 Å². The molecule has 1 aromatic heterocycles. The van der Waals surface area contributed by atoms with Crippen LogP contribution in [-0.2, 0) is 4.74 Å². The molecule has 0 N–H and O–H groups in total. The molecular weight excluding hydrogens is 262 g/mol. The van der Waals surface area contributed by atoms with E-state index in [0.717, 1.165) is 43.3 Å². The summed E-state index contributed by atoms with van der Waals surface area (Å²) in [5.41, 5.74) is 0.935. The SMILES string of the molecule is Cc1cc(C)c(C(=O)N2CCSC3COCCC32)o1. The van der Waals surface area contributed by atoms with Crippen molar-refractivity contribution in [3.05, 3.63) is 23.2 Å². The van der Waals surface area contributed by atoms with Gasteiger partial charge in [-0.15, -0.1) is 0 Å². The van der Waals surface area contributed by atoms with Crippen LogP contribution in [0.3, 0.4) is 0 Å². The zero-order chi connectivity index (χ0) is 13.4. The van der Waals surface area contributed by atoms with Crippen LogP contribution in [0.25, 0.3) is 0 Å². The van der Waals surface area contributed by atoms with Gasteiger partial charge in [0.25, 0.3) is 5.91 Å². The number of nitrogens with zero attached hydrogens (tertiary/aromatic N) is 1. The highest BCUT2D eigenvalue weighted by molar-refractivity contribution is 8.00. The van der Waals surface area contributed by atoms with Crippen molar-refractivity contribution < 1.29 is 13.9 Å². The standard InChI is InChI=1S/C14H19NO3S/c1-9-7-10(2)18-13(9)14(16)15-4-6-19-12-8-17-5-3-11(12)15/h7,11-12H,3-6,8H2,1-2H3. The molecule has 4 nitrogen and oxygen atoms in total. The molecule has 2 saturated heterocycles. The van der Waals surface area contributed by atoms with Crippen molar-refractivity contribution in [2.24, 2.45) is 0 Å². The van der Waals surface area contributed by atoms with Gasteiger partial charge in [-0.2, -0.15) is 11.8 Å². The summed E-state index contributed by atoms with van der Waals surface area (Å²) >= 11 is 1.92. The Labute approximate surface area is 117 Å². The van der Waals surface area contributed by atoms with Crippen LogP contribution in [0, 0.1) is 13.8 Å². The molecule has 1 aromatic rings. The van der Waals surface area contributed by atoms with Crippen molar-refractivity contribution in [3.63, 3.8) is 0 Å². The number of hydrogen-bond acceptors (Lipinski definition) is 4. The van der Waals surface area contributed by atoms with Gasteiger partial charge >= 0.3 is 0 Å². The zero-order valence-electron chi connectivity index (χ0n) is 11.3. The lowest BCUT2D eigenvalue weighted by Gasteiger charge is -2.43. The number of carbonyl (C=O) groups is 1. The molecule has 0 aliphatic carbocycles. The molecule has 0 saturated carbocycles. The number of hydrogen-bond donors (Lipinski definition) is 0. The molecule has 2 fully saturated rings. The molecule has 3 rings (SSSR count). The van der Waals surface area contributed by atoms with E-state index in [1.165, 1.54) is 0 Å². The summed E-state index contributed by atoms with van der Waals surface area (Å²) in [6, 6.07) is 2.22. The second-order valence-corrected chi connectivity index (χ2v) is 6.55. The van der Waals surface area contributed by atoms with E-state index < -0.39 is 0 Å². The number of ether oxygens (including phenoxy) is 1. The Bertz CT molecular complexity index is 483. The Balaban J connectivity index is 1.83. The normalized spacial score (nSPS) is 27.2. The van der Waals surface area contributed by atoms with Crippen molar-refractivity contribution in [1.29, 1.82) is 0 Å². The Hall–Kier alpha value is -0.940. The lowest BCUT2D eigenvalue weighted by molar-refractivity contribution is 0.0299. The lowest BCUT2D eigenvalue weighted by Crippen LogP contribution is -2.54. The first kappa shape index (κ1) is 13.1. The fourth-order valence-electron chi connectivity index (χ4n) is 2.92. The molecule has 1 amide bonds. The van der Waals surface area contributed by atoms with Crippen LogP contribution < -0.4 is 0 Å². The van der Waals surface area contributed by atoms with Gasteiger partial charge in [0.05, 0.1) is 6.61 Å². The fraction of sp³-hybridized carbons (Fsp3) is 0.643. The molecule has 2 aliphatic rings. The van der Waals surface area contributed by atoms with Crippen LogP contribution >= 0.6 is 11.8 Å². The molecule has 2 atom stereocenters. The number of fused-ring (bicyclic) bond motifs is 1. The Morgan fingerprint density at radius 2 is 2.32 bits per heavy atom. The summed E-state index contributed by atoms with van der Waals surface area (Å²) in [5.74, 6) is 2.34. The number of carbonyl (C=O) groups excluding carboxylic acids is 1. The van der Waals surface area contributed by atoms with Gasteiger partial charge in [0.2, 0.25) is 0 Å². The van der Waals surface area contributed by atoms with Gasteiger partial charge in [-0.25, -0.2) is 0 Å². The average molecular weight is 281 g/mol. The first-order valence-electron chi connectivity index (χ1n) is 6.74. The maximum Gasteiger partial charge on any atom is 0.290 e. The van der Waals surface area contributed by atoms with Gasteiger partial charge in [-0.3, -0.25) is 4.79 Å². The summed E-state index contributed by atoms with van der Waals surface area (Å²) in [6.07, 6.45) is 0.933. The summed E-state index contributed by atoms with van der Waals surface area (Å²) in [6.45, 7) is 6.14. The fourth-order valence-corrected chi connectivity index (χ4v) is 4.22. The highest BCUT2D eigenvalue weighted by atomic mass is 32.2. The third-order valence-electron chi connectivity index (χ3n) is 3.83. The van der Waals surface area contributed by atoms with E-state index in [1.807, 2.05) is 36.6 Å². The summed E-state index contributed by atoms with van der Waals surface area (Å²) < 4.78 is 11.1. The number of furan rings is 1. The summed E-state index contributed by atoms with van der Waals surface area (Å²) in [4.78, 5) is 14.7. The van der Waals surface area contributed by atoms with Crippen LogP contribution in [0.1, 0.15) is 28.3 Å². The molecule has 104 valence electrons. The molecule has 19 heavy (non-hydrogen) atoms. The molecular formula is C14H19NO3S. The number of aryl methyl sites for hydroxylation is 2. The molecule has 0 spiro atoms. The second-order valence-electron chi connectivity index (χ2n) is 5.21. The number of thioether (sulfide) groups is 1. The Kier molecular flexibility index (Phi) is 3.58. The molecule has 2 unspecified atom stereocenters. The van der Waals surface area contributed by atoms with E-state index in [9.17, 15) is 4.79 Å². The average Bonchev–Trinajstić information content (AvgIpc) is 2.76. The predicted octanol–water partition coefficient (Wildman–Crippen LogP) is 2.24. The van der Waals surface area contributed by atoms with Crippen LogP contribution in [0.4, 0.5) is 0 Å². The molecule has 5 heteroatoms. The first-order chi connectivity index (χ1) is 9.16. The van der Waals surface area contributed by atoms with Crippen molar-refractivity contribution in [3.8, 4) is 0 Å². The highest BCUT2D eigenvalue weighted by Crippen LogP contribution is 2.31. The highest BCUT2D eigenvalue weighted by Gasteiger charge is 2.38. The van der Waals surface area contributed by atoms with Gasteiger partial charge < -0.3 is 14.1 Å². The van der Waals surface area contributed by atoms with Gasteiger partial charge in [-0.1, -0.05) is 0 Å².